The molecular weight excluding hydrogens is 256 g/mol. The van der Waals surface area contributed by atoms with E-state index in [4.69, 9.17) is 6.42 Å². The first-order chi connectivity index (χ1) is 9.35. The van der Waals surface area contributed by atoms with E-state index in [-0.39, 0.29) is 6.54 Å². The summed E-state index contributed by atoms with van der Waals surface area (Å²) in [6.07, 6.45) is 5.26. The number of carbonyl (C=O) groups excluding carboxylic acids is 1. The Morgan fingerprint density at radius 2 is 1.95 bits per heavy atom. The SMILES string of the molecule is C#CC(C)(C)NC(=O)NCC(C(=O)O)c1ccccc1. The van der Waals surface area contributed by atoms with Crippen molar-refractivity contribution in [3.63, 3.8) is 0 Å². The van der Waals surface area contributed by atoms with Crippen molar-refractivity contribution in [3.05, 3.63) is 35.9 Å². The van der Waals surface area contributed by atoms with Gasteiger partial charge in [0.25, 0.3) is 0 Å². The van der Waals surface area contributed by atoms with Crippen LogP contribution in [0.1, 0.15) is 25.3 Å². The van der Waals surface area contributed by atoms with Crippen LogP contribution in [0.5, 0.6) is 0 Å². The highest BCUT2D eigenvalue weighted by Gasteiger charge is 2.22. The van der Waals surface area contributed by atoms with Crippen molar-refractivity contribution in [1.82, 2.24) is 10.6 Å². The third kappa shape index (κ3) is 4.65. The predicted molar refractivity (Wildman–Crippen MR) is 76.3 cm³/mol. The number of carbonyl (C=O) groups is 2. The van der Waals surface area contributed by atoms with E-state index >= 15 is 0 Å². The first-order valence-corrected chi connectivity index (χ1v) is 6.17. The molecule has 0 fully saturated rings. The van der Waals surface area contributed by atoms with Gasteiger partial charge in [-0.2, -0.15) is 0 Å². The normalized spacial score (nSPS) is 12.1. The number of hydrogen-bond acceptors (Lipinski definition) is 2. The van der Waals surface area contributed by atoms with E-state index in [2.05, 4.69) is 16.6 Å². The molecule has 5 heteroatoms. The summed E-state index contributed by atoms with van der Waals surface area (Å²) < 4.78 is 0. The number of amides is 2. The first kappa shape index (κ1) is 15.6. The molecule has 1 atom stereocenters. The minimum absolute atomic E-state index is 0.00810. The van der Waals surface area contributed by atoms with Gasteiger partial charge in [0.05, 0.1) is 11.5 Å². The molecule has 0 aliphatic carbocycles. The van der Waals surface area contributed by atoms with Crippen LogP contribution in [0.15, 0.2) is 30.3 Å². The summed E-state index contributed by atoms with van der Waals surface area (Å²) in [6.45, 7) is 3.35. The van der Waals surface area contributed by atoms with E-state index in [9.17, 15) is 14.7 Å². The maximum atomic E-state index is 11.7. The van der Waals surface area contributed by atoms with E-state index < -0.39 is 23.5 Å². The largest absolute Gasteiger partial charge is 0.481 e. The molecule has 0 heterocycles. The zero-order valence-electron chi connectivity index (χ0n) is 11.5. The number of terminal acetylenes is 1. The lowest BCUT2D eigenvalue weighted by Gasteiger charge is -2.21. The second kappa shape index (κ2) is 6.62. The Kier molecular flexibility index (Phi) is 5.15. The van der Waals surface area contributed by atoms with E-state index in [1.165, 1.54) is 0 Å². The van der Waals surface area contributed by atoms with Gasteiger partial charge in [-0.3, -0.25) is 4.79 Å². The molecule has 0 aliphatic heterocycles. The third-order valence-electron chi connectivity index (χ3n) is 2.75. The molecular formula is C15H18N2O3. The fraction of sp³-hybridized carbons (Fsp3) is 0.333. The van der Waals surface area contributed by atoms with E-state index in [0.717, 1.165) is 0 Å². The maximum absolute atomic E-state index is 11.7. The highest BCUT2D eigenvalue weighted by Crippen LogP contribution is 2.14. The highest BCUT2D eigenvalue weighted by atomic mass is 16.4. The molecule has 0 radical (unpaired) electrons. The smallest absolute Gasteiger partial charge is 0.315 e. The van der Waals surface area contributed by atoms with Crippen LogP contribution < -0.4 is 10.6 Å². The molecule has 1 aromatic rings. The van der Waals surface area contributed by atoms with Gasteiger partial charge in [-0.15, -0.1) is 6.42 Å². The second-order valence-electron chi connectivity index (χ2n) is 4.91. The molecule has 0 saturated carbocycles. The van der Waals surface area contributed by atoms with Gasteiger partial charge in [-0.05, 0) is 19.4 Å². The molecule has 1 unspecified atom stereocenters. The molecule has 20 heavy (non-hydrogen) atoms. The van der Waals surface area contributed by atoms with Crippen LogP contribution in [0.3, 0.4) is 0 Å². The Morgan fingerprint density at radius 3 is 2.45 bits per heavy atom. The lowest BCUT2D eigenvalue weighted by atomic mass is 9.99. The van der Waals surface area contributed by atoms with Gasteiger partial charge in [-0.1, -0.05) is 36.3 Å². The Labute approximate surface area is 118 Å². The molecule has 0 aromatic heterocycles. The fourth-order valence-corrected chi connectivity index (χ4v) is 1.59. The number of aliphatic carboxylic acids is 1. The molecule has 0 saturated heterocycles. The summed E-state index contributed by atoms with van der Waals surface area (Å²) >= 11 is 0. The van der Waals surface area contributed by atoms with Crippen molar-refractivity contribution in [2.75, 3.05) is 6.54 Å². The molecule has 1 rings (SSSR count). The van der Waals surface area contributed by atoms with Crippen LogP contribution in [-0.2, 0) is 4.79 Å². The molecule has 0 aliphatic rings. The molecule has 0 spiro atoms. The van der Waals surface area contributed by atoms with Crippen LogP contribution in [0, 0.1) is 12.3 Å². The molecule has 1 aromatic carbocycles. The van der Waals surface area contributed by atoms with Gasteiger partial charge < -0.3 is 15.7 Å². The topological polar surface area (TPSA) is 78.4 Å². The van der Waals surface area contributed by atoms with Crippen LogP contribution in [0.4, 0.5) is 4.79 Å². The Hall–Kier alpha value is -2.48. The Morgan fingerprint density at radius 1 is 1.35 bits per heavy atom. The minimum Gasteiger partial charge on any atom is -0.481 e. The number of carboxylic acid groups (broad SMARTS) is 1. The number of rotatable bonds is 5. The number of carboxylic acids is 1. The van der Waals surface area contributed by atoms with Gasteiger partial charge in [-0.25, -0.2) is 4.79 Å². The summed E-state index contributed by atoms with van der Waals surface area (Å²) in [4.78, 5) is 22.9. The standard InChI is InChI=1S/C15H18N2O3/c1-4-15(2,3)17-14(20)16-10-12(13(18)19)11-8-6-5-7-9-11/h1,5-9,12H,10H2,2-3H3,(H,18,19)(H2,16,17,20). The van der Waals surface area contributed by atoms with E-state index in [1.54, 1.807) is 44.2 Å². The second-order valence-corrected chi connectivity index (χ2v) is 4.91. The van der Waals surface area contributed by atoms with Crippen molar-refractivity contribution in [3.8, 4) is 12.3 Å². The quantitative estimate of drug-likeness (QED) is 0.713. The lowest BCUT2D eigenvalue weighted by molar-refractivity contribution is -0.138. The van der Waals surface area contributed by atoms with Crippen molar-refractivity contribution < 1.29 is 14.7 Å². The Balaban J connectivity index is 2.64. The Bertz CT molecular complexity index is 518. The van der Waals surface area contributed by atoms with Crippen LogP contribution in [0.2, 0.25) is 0 Å². The molecule has 0 bridgehead atoms. The van der Waals surface area contributed by atoms with Gasteiger partial charge in [0.1, 0.15) is 0 Å². The fourth-order valence-electron chi connectivity index (χ4n) is 1.59. The molecule has 5 nitrogen and oxygen atoms in total. The maximum Gasteiger partial charge on any atom is 0.315 e. The molecule has 106 valence electrons. The zero-order chi connectivity index (χ0) is 15.2. The summed E-state index contributed by atoms with van der Waals surface area (Å²) in [5.74, 6) is 0.638. The highest BCUT2D eigenvalue weighted by molar-refractivity contribution is 5.79. The van der Waals surface area contributed by atoms with Crippen molar-refractivity contribution >= 4 is 12.0 Å². The number of nitrogens with one attached hydrogen (secondary N) is 2. The van der Waals surface area contributed by atoms with Gasteiger partial charge in [0.2, 0.25) is 0 Å². The monoisotopic (exact) mass is 274 g/mol. The third-order valence-corrected chi connectivity index (χ3v) is 2.75. The number of hydrogen-bond donors (Lipinski definition) is 3. The summed E-state index contributed by atoms with van der Waals surface area (Å²) in [6, 6.07) is 8.25. The minimum atomic E-state index is -0.993. The van der Waals surface area contributed by atoms with Gasteiger partial charge in [0, 0.05) is 6.54 Å². The predicted octanol–water partition coefficient (Wildman–Crippen LogP) is 1.57. The van der Waals surface area contributed by atoms with Crippen molar-refractivity contribution in [1.29, 1.82) is 0 Å². The van der Waals surface area contributed by atoms with Crippen LogP contribution >= 0.6 is 0 Å². The van der Waals surface area contributed by atoms with Crippen LogP contribution in [0.25, 0.3) is 0 Å². The first-order valence-electron chi connectivity index (χ1n) is 6.17. The summed E-state index contributed by atoms with van der Waals surface area (Å²) in [5.41, 5.74) is -0.147. The number of benzene rings is 1. The summed E-state index contributed by atoms with van der Waals surface area (Å²) in [7, 11) is 0. The number of urea groups is 1. The average molecular weight is 274 g/mol. The van der Waals surface area contributed by atoms with Gasteiger partial charge >= 0.3 is 12.0 Å². The van der Waals surface area contributed by atoms with Crippen molar-refractivity contribution in [2.24, 2.45) is 0 Å². The molecule has 2 amide bonds. The molecule has 3 N–H and O–H groups in total. The average Bonchev–Trinajstić information content (AvgIpc) is 2.39. The summed E-state index contributed by atoms with van der Waals surface area (Å²) in [5, 5.41) is 14.3. The lowest BCUT2D eigenvalue weighted by Crippen LogP contribution is -2.48. The van der Waals surface area contributed by atoms with Gasteiger partial charge in [0.15, 0.2) is 0 Å². The van der Waals surface area contributed by atoms with Crippen molar-refractivity contribution in [2.45, 2.75) is 25.3 Å². The van der Waals surface area contributed by atoms with E-state index in [0.29, 0.717) is 5.56 Å². The van der Waals surface area contributed by atoms with Crippen LogP contribution in [-0.4, -0.2) is 29.2 Å². The zero-order valence-corrected chi connectivity index (χ0v) is 11.5. The van der Waals surface area contributed by atoms with E-state index in [1.807, 2.05) is 0 Å².